The molecular formula is C28H40N4O4S. The standard InChI is InChI=1S/C28H40N4O4S/c33-28(31-15-17-36-18-16-31)26-24-20-37(34,35)25-11-5-4-10-23(25)27(24)32(29-26)22-9-6-13-30(19-22)14-12-21-7-2-1-3-8-21/h4-5,10-11,21-22,26,29H,1-3,6-9,12-20H2. The molecule has 0 bridgehead atoms. The molecule has 1 aromatic carbocycles. The summed E-state index contributed by atoms with van der Waals surface area (Å²) in [5.41, 5.74) is 5.89. The molecule has 1 amide bonds. The van der Waals surface area contributed by atoms with Crippen LogP contribution in [0.25, 0.3) is 5.70 Å². The highest BCUT2D eigenvalue weighted by Crippen LogP contribution is 2.42. The third-order valence-electron chi connectivity index (χ3n) is 8.98. The van der Waals surface area contributed by atoms with Gasteiger partial charge in [0.1, 0.15) is 6.04 Å². The smallest absolute Gasteiger partial charge is 0.246 e. The van der Waals surface area contributed by atoms with Gasteiger partial charge in [-0.25, -0.2) is 13.8 Å². The number of carbonyl (C=O) groups is 1. The summed E-state index contributed by atoms with van der Waals surface area (Å²) in [7, 11) is -3.51. The molecule has 4 aliphatic heterocycles. The maximum atomic E-state index is 13.7. The number of benzene rings is 1. The molecule has 1 N–H and O–H groups in total. The molecule has 4 heterocycles. The van der Waals surface area contributed by atoms with Crippen molar-refractivity contribution in [2.75, 3.05) is 51.7 Å². The van der Waals surface area contributed by atoms with Gasteiger partial charge in [0.05, 0.1) is 35.6 Å². The van der Waals surface area contributed by atoms with Crippen LogP contribution in [0.1, 0.15) is 56.9 Å². The van der Waals surface area contributed by atoms with Crippen molar-refractivity contribution in [2.45, 2.75) is 68.3 Å². The molecule has 2 saturated heterocycles. The van der Waals surface area contributed by atoms with Gasteiger partial charge in [0.15, 0.2) is 9.84 Å². The second-order valence-corrected chi connectivity index (χ2v) is 13.3. The van der Waals surface area contributed by atoms with Crippen molar-refractivity contribution < 1.29 is 17.9 Å². The van der Waals surface area contributed by atoms with E-state index in [0.717, 1.165) is 49.7 Å². The van der Waals surface area contributed by atoms with Crippen LogP contribution in [0.4, 0.5) is 0 Å². The summed E-state index contributed by atoms with van der Waals surface area (Å²) in [6.07, 6.45) is 10.3. The molecule has 202 valence electrons. The Bertz CT molecular complexity index is 1140. The summed E-state index contributed by atoms with van der Waals surface area (Å²) in [5, 5.41) is 2.18. The average molecular weight is 529 g/mol. The monoisotopic (exact) mass is 528 g/mol. The van der Waals surface area contributed by atoms with E-state index in [2.05, 4.69) is 15.3 Å². The number of morpholine rings is 1. The van der Waals surface area contributed by atoms with Crippen LogP contribution < -0.4 is 5.43 Å². The SMILES string of the molecule is O=C(C1NN(C2CCCN(CCC3CCCCC3)C2)C2=C1CS(=O)(=O)c1ccccc12)N1CCOCC1. The van der Waals surface area contributed by atoms with Gasteiger partial charge in [0.2, 0.25) is 5.91 Å². The molecule has 8 nitrogen and oxygen atoms in total. The topological polar surface area (TPSA) is 82.2 Å². The number of nitrogens with zero attached hydrogens (tertiary/aromatic N) is 3. The largest absolute Gasteiger partial charge is 0.378 e. The highest BCUT2D eigenvalue weighted by atomic mass is 32.2. The second-order valence-electron chi connectivity index (χ2n) is 11.4. The van der Waals surface area contributed by atoms with Gasteiger partial charge in [-0.1, -0.05) is 50.3 Å². The Morgan fingerprint density at radius 1 is 1.00 bits per heavy atom. The van der Waals surface area contributed by atoms with Crippen molar-refractivity contribution in [1.82, 2.24) is 20.2 Å². The Morgan fingerprint density at radius 3 is 2.59 bits per heavy atom. The quantitative estimate of drug-likeness (QED) is 0.629. The number of piperidine rings is 1. The van der Waals surface area contributed by atoms with E-state index in [0.29, 0.717) is 36.8 Å². The lowest BCUT2D eigenvalue weighted by Gasteiger charge is -2.41. The Morgan fingerprint density at radius 2 is 1.78 bits per heavy atom. The van der Waals surface area contributed by atoms with Gasteiger partial charge in [0, 0.05) is 25.2 Å². The molecule has 0 aromatic heterocycles. The highest BCUT2D eigenvalue weighted by molar-refractivity contribution is 7.91. The summed E-state index contributed by atoms with van der Waals surface area (Å²) in [5.74, 6) is 0.707. The Kier molecular flexibility index (Phi) is 7.31. The maximum absolute atomic E-state index is 13.7. The molecule has 5 aliphatic rings. The second kappa shape index (κ2) is 10.7. The van der Waals surface area contributed by atoms with Gasteiger partial charge < -0.3 is 19.5 Å². The van der Waals surface area contributed by atoms with Gasteiger partial charge in [-0.15, -0.1) is 0 Å². The maximum Gasteiger partial charge on any atom is 0.246 e. The van der Waals surface area contributed by atoms with Crippen LogP contribution in [-0.2, 0) is 19.4 Å². The number of amides is 1. The van der Waals surface area contributed by atoms with E-state index >= 15 is 0 Å². The normalized spacial score (nSPS) is 28.8. The Balaban J connectivity index is 1.27. The van der Waals surface area contributed by atoms with Crippen molar-refractivity contribution in [3.8, 4) is 0 Å². The van der Waals surface area contributed by atoms with Crippen LogP contribution in [0.3, 0.4) is 0 Å². The molecule has 0 spiro atoms. The van der Waals surface area contributed by atoms with E-state index in [1.807, 2.05) is 17.0 Å². The molecule has 1 aromatic rings. The number of rotatable bonds is 5. The van der Waals surface area contributed by atoms with Crippen molar-refractivity contribution in [1.29, 1.82) is 0 Å². The van der Waals surface area contributed by atoms with Crippen molar-refractivity contribution in [3.05, 3.63) is 35.4 Å². The first-order valence-electron chi connectivity index (χ1n) is 14.2. The number of hydrogen-bond donors (Lipinski definition) is 1. The highest BCUT2D eigenvalue weighted by Gasteiger charge is 2.46. The van der Waals surface area contributed by atoms with Crippen molar-refractivity contribution in [2.24, 2.45) is 5.92 Å². The molecule has 2 unspecified atom stereocenters. The van der Waals surface area contributed by atoms with Crippen LogP contribution in [0.5, 0.6) is 0 Å². The number of hydrazine groups is 1. The number of likely N-dealkylation sites (tertiary alicyclic amines) is 1. The van der Waals surface area contributed by atoms with E-state index < -0.39 is 15.9 Å². The summed E-state index contributed by atoms with van der Waals surface area (Å²) < 4.78 is 32.0. The van der Waals surface area contributed by atoms with Crippen LogP contribution in [-0.4, -0.2) is 92.9 Å². The predicted octanol–water partition coefficient (Wildman–Crippen LogP) is 2.67. The Hall–Kier alpha value is -1.94. The lowest BCUT2D eigenvalue weighted by atomic mass is 9.87. The molecule has 1 saturated carbocycles. The number of nitrogens with one attached hydrogen (secondary N) is 1. The zero-order chi connectivity index (χ0) is 25.4. The fourth-order valence-electron chi connectivity index (χ4n) is 6.99. The van der Waals surface area contributed by atoms with Crippen LogP contribution in [0.15, 0.2) is 34.7 Å². The molecule has 9 heteroatoms. The summed E-state index contributed by atoms with van der Waals surface area (Å²) in [6.45, 7) is 5.31. The number of fused-ring (bicyclic) bond motifs is 2. The zero-order valence-electron chi connectivity index (χ0n) is 21.7. The Labute approximate surface area is 220 Å². The van der Waals surface area contributed by atoms with Gasteiger partial charge in [0.25, 0.3) is 0 Å². The third kappa shape index (κ3) is 5.07. The summed E-state index contributed by atoms with van der Waals surface area (Å²) >= 11 is 0. The van der Waals surface area contributed by atoms with E-state index in [1.165, 1.54) is 38.5 Å². The predicted molar refractivity (Wildman–Crippen MR) is 142 cm³/mol. The lowest BCUT2D eigenvalue weighted by molar-refractivity contribution is -0.137. The molecule has 0 radical (unpaired) electrons. The molecular weight excluding hydrogens is 488 g/mol. The zero-order valence-corrected chi connectivity index (χ0v) is 22.6. The number of sulfone groups is 1. The van der Waals surface area contributed by atoms with E-state index in [9.17, 15) is 13.2 Å². The fraction of sp³-hybridized carbons (Fsp3) is 0.679. The van der Waals surface area contributed by atoms with Gasteiger partial charge in [-0.3, -0.25) is 4.79 Å². The average Bonchev–Trinajstić information content (AvgIpc) is 3.31. The molecule has 3 fully saturated rings. The van der Waals surface area contributed by atoms with E-state index in [1.54, 1.807) is 12.1 Å². The van der Waals surface area contributed by atoms with Crippen LogP contribution in [0.2, 0.25) is 0 Å². The van der Waals surface area contributed by atoms with Gasteiger partial charge >= 0.3 is 0 Å². The van der Waals surface area contributed by atoms with Gasteiger partial charge in [-0.2, -0.15) is 0 Å². The molecule has 1 aliphatic carbocycles. The fourth-order valence-corrected chi connectivity index (χ4v) is 8.64. The molecule has 37 heavy (non-hydrogen) atoms. The minimum absolute atomic E-state index is 0.0437. The third-order valence-corrected chi connectivity index (χ3v) is 10.7. The number of ether oxygens (including phenoxy) is 1. The number of carbonyl (C=O) groups excluding carboxylic acids is 1. The first kappa shape index (κ1) is 25.3. The minimum atomic E-state index is -3.51. The van der Waals surface area contributed by atoms with Crippen molar-refractivity contribution >= 4 is 21.4 Å². The summed E-state index contributed by atoms with van der Waals surface area (Å²) in [6, 6.07) is 6.85. The van der Waals surface area contributed by atoms with Crippen molar-refractivity contribution in [3.63, 3.8) is 0 Å². The van der Waals surface area contributed by atoms with Crippen LogP contribution in [0, 0.1) is 5.92 Å². The molecule has 6 rings (SSSR count). The lowest BCUT2D eigenvalue weighted by Crippen LogP contribution is -2.56. The first-order valence-corrected chi connectivity index (χ1v) is 15.9. The molecule has 2 atom stereocenters. The minimum Gasteiger partial charge on any atom is -0.378 e. The number of hydrogen-bond acceptors (Lipinski definition) is 7. The van der Waals surface area contributed by atoms with E-state index in [4.69, 9.17) is 4.74 Å². The summed E-state index contributed by atoms with van der Waals surface area (Å²) in [4.78, 5) is 18.5. The van der Waals surface area contributed by atoms with E-state index in [-0.39, 0.29) is 17.7 Å². The van der Waals surface area contributed by atoms with Crippen LogP contribution >= 0.6 is 0 Å². The van der Waals surface area contributed by atoms with Gasteiger partial charge in [-0.05, 0) is 49.9 Å². The first-order chi connectivity index (χ1) is 18.0.